The minimum Gasteiger partial charge on any atom is -0.345 e. The molecule has 0 atom stereocenters. The Bertz CT molecular complexity index is 1110. The minimum absolute atomic E-state index is 0.115. The van der Waals surface area contributed by atoms with E-state index in [0.29, 0.717) is 43.3 Å². The molecule has 7 nitrogen and oxygen atoms in total. The van der Waals surface area contributed by atoms with Crippen molar-refractivity contribution >= 4 is 68.4 Å². The lowest BCUT2D eigenvalue weighted by Gasteiger charge is -2.10. The summed E-state index contributed by atoms with van der Waals surface area (Å²) in [4.78, 5) is 24.7. The van der Waals surface area contributed by atoms with Crippen LogP contribution in [0.1, 0.15) is 23.1 Å². The van der Waals surface area contributed by atoms with E-state index in [2.05, 4.69) is 36.8 Å². The van der Waals surface area contributed by atoms with Crippen molar-refractivity contribution in [1.82, 2.24) is 20.1 Å². The number of halogens is 3. The van der Waals surface area contributed by atoms with Crippen LogP contribution >= 0.6 is 50.9 Å². The molecule has 2 amide bonds. The first-order valence-electron chi connectivity index (χ1n) is 9.21. The third-order valence-electron chi connectivity index (χ3n) is 4.17. The van der Waals surface area contributed by atoms with Crippen LogP contribution < -0.4 is 10.6 Å². The molecule has 3 rings (SSSR count). The van der Waals surface area contributed by atoms with E-state index in [1.165, 1.54) is 11.8 Å². The molecule has 0 spiro atoms. The third kappa shape index (κ3) is 6.22. The van der Waals surface area contributed by atoms with Gasteiger partial charge in [-0.05, 0) is 53.2 Å². The second-order valence-electron chi connectivity index (χ2n) is 6.27. The molecule has 31 heavy (non-hydrogen) atoms. The lowest BCUT2D eigenvalue weighted by Crippen LogP contribution is -2.25. The molecular weight excluding hydrogens is 525 g/mol. The van der Waals surface area contributed by atoms with Gasteiger partial charge in [-0.25, -0.2) is 0 Å². The summed E-state index contributed by atoms with van der Waals surface area (Å²) in [6.45, 7) is 2.75. The lowest BCUT2D eigenvalue weighted by atomic mass is 10.2. The molecule has 0 unspecified atom stereocenters. The van der Waals surface area contributed by atoms with Crippen molar-refractivity contribution in [2.75, 3.05) is 11.1 Å². The van der Waals surface area contributed by atoms with Gasteiger partial charge < -0.3 is 15.2 Å². The smallest absolute Gasteiger partial charge is 0.252 e. The molecule has 0 saturated carbocycles. The molecule has 2 aromatic carbocycles. The summed E-state index contributed by atoms with van der Waals surface area (Å²) in [5, 5.41) is 15.4. The minimum atomic E-state index is -0.247. The first-order chi connectivity index (χ1) is 14.9. The number of hydrogen-bond acceptors (Lipinski definition) is 5. The number of benzene rings is 2. The quantitative estimate of drug-likeness (QED) is 0.390. The van der Waals surface area contributed by atoms with Gasteiger partial charge >= 0.3 is 0 Å². The average Bonchev–Trinajstić information content (AvgIpc) is 3.15. The molecule has 0 radical (unpaired) electrons. The van der Waals surface area contributed by atoms with Crippen LogP contribution in [0.5, 0.6) is 0 Å². The van der Waals surface area contributed by atoms with Gasteiger partial charge in [0.25, 0.3) is 5.91 Å². The Kier molecular flexibility index (Phi) is 8.36. The van der Waals surface area contributed by atoms with Gasteiger partial charge in [-0.3, -0.25) is 9.59 Å². The molecule has 162 valence electrons. The molecule has 11 heteroatoms. The van der Waals surface area contributed by atoms with Crippen molar-refractivity contribution in [1.29, 1.82) is 0 Å². The van der Waals surface area contributed by atoms with Gasteiger partial charge in [0.05, 0.1) is 28.6 Å². The fourth-order valence-corrected chi connectivity index (χ4v) is 4.31. The number of hydrogen-bond donors (Lipinski definition) is 2. The molecule has 1 aromatic heterocycles. The van der Waals surface area contributed by atoms with E-state index < -0.39 is 0 Å². The second kappa shape index (κ2) is 11.0. The Labute approximate surface area is 202 Å². The van der Waals surface area contributed by atoms with Crippen LogP contribution in [0.15, 0.2) is 52.1 Å². The molecule has 1 heterocycles. The average molecular weight is 543 g/mol. The molecule has 0 aliphatic carbocycles. The van der Waals surface area contributed by atoms with E-state index in [0.717, 1.165) is 0 Å². The van der Waals surface area contributed by atoms with Crippen LogP contribution in [0.25, 0.3) is 0 Å². The highest BCUT2D eigenvalue weighted by molar-refractivity contribution is 9.10. The number of amides is 2. The van der Waals surface area contributed by atoms with Gasteiger partial charge in [-0.2, -0.15) is 0 Å². The molecule has 0 aliphatic rings. The van der Waals surface area contributed by atoms with Gasteiger partial charge in [-0.15, -0.1) is 10.2 Å². The predicted molar refractivity (Wildman–Crippen MR) is 127 cm³/mol. The third-order valence-corrected chi connectivity index (χ3v) is 6.39. The summed E-state index contributed by atoms with van der Waals surface area (Å²) in [6, 6.07) is 12.0. The zero-order chi connectivity index (χ0) is 22.4. The van der Waals surface area contributed by atoms with Crippen molar-refractivity contribution < 1.29 is 9.59 Å². The number of aromatic nitrogens is 3. The summed E-state index contributed by atoms with van der Waals surface area (Å²) >= 11 is 16.6. The summed E-state index contributed by atoms with van der Waals surface area (Å²) in [5.41, 5.74) is 0.989. The fraction of sp³-hybridized carbons (Fsp3) is 0.200. The Morgan fingerprint density at radius 2 is 1.94 bits per heavy atom. The number of carbonyl (C=O) groups excluding carboxylic acids is 2. The zero-order valence-electron chi connectivity index (χ0n) is 16.4. The Balaban J connectivity index is 1.59. The molecule has 2 N–H and O–H groups in total. The molecular formula is C20H18BrCl2N5O2S. The van der Waals surface area contributed by atoms with E-state index in [9.17, 15) is 9.59 Å². The second-order valence-corrected chi connectivity index (χ2v) is 8.91. The SMILES string of the molecule is CCn1c(CNC(=O)c2ccccc2Br)nnc1SCC(=O)Nc1cc(Cl)ccc1Cl. The van der Waals surface area contributed by atoms with Gasteiger partial charge in [0.15, 0.2) is 11.0 Å². The predicted octanol–water partition coefficient (Wildman–Crippen LogP) is 5.03. The fourth-order valence-electron chi connectivity index (χ4n) is 2.68. The Hall–Kier alpha value is -2.07. The van der Waals surface area contributed by atoms with Crippen LogP contribution in [0.3, 0.4) is 0 Å². The molecule has 0 fully saturated rings. The van der Waals surface area contributed by atoms with Crippen molar-refractivity contribution in [3.8, 4) is 0 Å². The van der Waals surface area contributed by atoms with Crippen molar-refractivity contribution in [2.24, 2.45) is 0 Å². The largest absolute Gasteiger partial charge is 0.345 e. The number of carbonyl (C=O) groups is 2. The van der Waals surface area contributed by atoms with E-state index >= 15 is 0 Å². The molecule has 0 aliphatic heterocycles. The van der Waals surface area contributed by atoms with Gasteiger partial charge in [0, 0.05) is 16.0 Å². The number of thioether (sulfide) groups is 1. The zero-order valence-corrected chi connectivity index (χ0v) is 20.3. The maximum Gasteiger partial charge on any atom is 0.252 e. The maximum atomic E-state index is 12.4. The molecule has 3 aromatic rings. The van der Waals surface area contributed by atoms with E-state index in [4.69, 9.17) is 23.2 Å². The van der Waals surface area contributed by atoms with E-state index in [1.807, 2.05) is 17.6 Å². The maximum absolute atomic E-state index is 12.4. The van der Waals surface area contributed by atoms with Crippen molar-refractivity contribution in [2.45, 2.75) is 25.2 Å². The topological polar surface area (TPSA) is 88.9 Å². The Morgan fingerprint density at radius 1 is 1.16 bits per heavy atom. The summed E-state index contributed by atoms with van der Waals surface area (Å²) in [7, 11) is 0. The summed E-state index contributed by atoms with van der Waals surface area (Å²) < 4.78 is 2.57. The first-order valence-corrected chi connectivity index (χ1v) is 11.7. The van der Waals surface area contributed by atoms with E-state index in [-0.39, 0.29) is 24.1 Å². The van der Waals surface area contributed by atoms with Crippen molar-refractivity contribution in [3.05, 3.63) is 68.4 Å². The summed E-state index contributed by atoms with van der Waals surface area (Å²) in [6.07, 6.45) is 0. The monoisotopic (exact) mass is 541 g/mol. The van der Waals surface area contributed by atoms with Crippen LogP contribution in [0, 0.1) is 0 Å². The van der Waals surface area contributed by atoms with Crippen LogP contribution in [0.2, 0.25) is 10.0 Å². The van der Waals surface area contributed by atoms with Crippen LogP contribution in [-0.4, -0.2) is 32.3 Å². The highest BCUT2D eigenvalue weighted by Crippen LogP contribution is 2.26. The first kappa shape index (κ1) is 23.6. The lowest BCUT2D eigenvalue weighted by molar-refractivity contribution is -0.113. The van der Waals surface area contributed by atoms with E-state index in [1.54, 1.807) is 36.4 Å². The standard InChI is InChI=1S/C20H18BrCl2N5O2S/c1-2-28-17(10-24-19(30)13-5-3-4-6-14(13)21)26-27-20(28)31-11-18(29)25-16-9-12(22)7-8-15(16)23/h3-9H,2,10-11H2,1H3,(H,24,30)(H,25,29). The number of nitrogens with zero attached hydrogens (tertiary/aromatic N) is 3. The highest BCUT2D eigenvalue weighted by Gasteiger charge is 2.16. The number of anilines is 1. The van der Waals surface area contributed by atoms with Crippen LogP contribution in [-0.2, 0) is 17.9 Å². The Morgan fingerprint density at radius 3 is 2.68 bits per heavy atom. The number of nitrogens with one attached hydrogen (secondary N) is 2. The van der Waals surface area contributed by atoms with Gasteiger partial charge in [0.1, 0.15) is 0 Å². The van der Waals surface area contributed by atoms with Crippen molar-refractivity contribution in [3.63, 3.8) is 0 Å². The molecule has 0 bridgehead atoms. The number of rotatable bonds is 8. The summed E-state index contributed by atoms with van der Waals surface area (Å²) in [5.74, 6) is 0.252. The van der Waals surface area contributed by atoms with Crippen LogP contribution in [0.4, 0.5) is 5.69 Å². The highest BCUT2D eigenvalue weighted by atomic mass is 79.9. The van der Waals surface area contributed by atoms with Gasteiger partial charge in [0.2, 0.25) is 5.91 Å². The normalized spacial score (nSPS) is 10.7. The van der Waals surface area contributed by atoms with Gasteiger partial charge in [-0.1, -0.05) is 47.1 Å². The molecule has 0 saturated heterocycles.